The smallest absolute Gasteiger partial charge is 0.270 e. The normalized spacial score (nSPS) is 16.4. The Morgan fingerprint density at radius 1 is 1.09 bits per heavy atom. The van der Waals surface area contributed by atoms with Gasteiger partial charge < -0.3 is 25.8 Å². The average Bonchev–Trinajstić information content (AvgIpc) is 3.36. The van der Waals surface area contributed by atoms with Crippen LogP contribution in [0.15, 0.2) is 48.5 Å². The summed E-state index contributed by atoms with van der Waals surface area (Å²) in [5.41, 5.74) is 14.4. The molecule has 1 aromatic heterocycles. The Labute approximate surface area is 186 Å². The van der Waals surface area contributed by atoms with Gasteiger partial charge in [0.1, 0.15) is 11.5 Å². The molecule has 1 fully saturated rings. The Hall–Kier alpha value is -3.65. The molecule has 5 N–H and O–H groups in total. The van der Waals surface area contributed by atoms with Crippen LogP contribution in [-0.2, 0) is 6.54 Å². The molecule has 4 rings (SSSR count). The topological polar surface area (TPSA) is 121 Å². The Morgan fingerprint density at radius 2 is 1.78 bits per heavy atom. The van der Waals surface area contributed by atoms with Crippen LogP contribution < -0.4 is 11.5 Å². The molecule has 3 aromatic rings. The molecule has 1 atom stereocenters. The van der Waals surface area contributed by atoms with E-state index < -0.39 is 5.91 Å². The predicted molar refractivity (Wildman–Crippen MR) is 125 cm³/mol. The molecule has 1 aliphatic rings. The van der Waals surface area contributed by atoms with Crippen molar-refractivity contribution in [1.82, 2.24) is 14.4 Å². The van der Waals surface area contributed by atoms with E-state index in [0.717, 1.165) is 36.0 Å². The summed E-state index contributed by atoms with van der Waals surface area (Å²) in [5, 5.41) is 8.71. The van der Waals surface area contributed by atoms with E-state index in [-0.39, 0.29) is 17.8 Å². The van der Waals surface area contributed by atoms with Gasteiger partial charge in [-0.05, 0) is 49.8 Å². The van der Waals surface area contributed by atoms with Crippen LogP contribution in [0.2, 0.25) is 0 Å². The lowest BCUT2D eigenvalue weighted by Gasteiger charge is -2.25. The summed E-state index contributed by atoms with van der Waals surface area (Å²) in [6.45, 7) is 2.26. The maximum Gasteiger partial charge on any atom is 0.270 e. The number of aromatic nitrogens is 1. The first-order valence-corrected chi connectivity index (χ1v) is 10.6. The highest BCUT2D eigenvalue weighted by molar-refractivity contribution is 6.02. The molecule has 166 valence electrons. The highest BCUT2D eigenvalue weighted by Crippen LogP contribution is 2.25. The number of fused-ring (bicyclic) bond motifs is 1. The highest BCUT2D eigenvalue weighted by atomic mass is 16.2. The average molecular weight is 433 g/mol. The number of likely N-dealkylation sites (N-methyl/N-ethyl adjacent to an activating group) is 2. The number of primary amides is 1. The third kappa shape index (κ3) is 4.09. The van der Waals surface area contributed by atoms with Crippen molar-refractivity contribution in [3.05, 3.63) is 70.9 Å². The van der Waals surface area contributed by atoms with E-state index in [2.05, 4.69) is 11.9 Å². The third-order valence-electron chi connectivity index (χ3n) is 6.25. The molecule has 32 heavy (non-hydrogen) atoms. The summed E-state index contributed by atoms with van der Waals surface area (Å²) in [6, 6.07) is 14.6. The highest BCUT2D eigenvalue weighted by Gasteiger charge is 2.29. The van der Waals surface area contributed by atoms with E-state index >= 15 is 0 Å². The molecule has 8 heteroatoms. The van der Waals surface area contributed by atoms with Crippen molar-refractivity contribution in [2.24, 2.45) is 11.5 Å². The zero-order chi connectivity index (χ0) is 23.0. The fourth-order valence-electron chi connectivity index (χ4n) is 4.30. The number of hydrogen-bond acceptors (Lipinski definition) is 4. The molecule has 0 spiro atoms. The van der Waals surface area contributed by atoms with Crippen molar-refractivity contribution in [2.45, 2.75) is 19.0 Å². The Morgan fingerprint density at radius 3 is 2.38 bits per heavy atom. The van der Waals surface area contributed by atoms with Gasteiger partial charge in [-0.1, -0.05) is 24.3 Å². The fraction of sp³-hybridized carbons (Fsp3) is 0.292. The van der Waals surface area contributed by atoms with Crippen LogP contribution in [0, 0.1) is 5.41 Å². The fourth-order valence-corrected chi connectivity index (χ4v) is 4.30. The van der Waals surface area contributed by atoms with Crippen molar-refractivity contribution in [3.8, 4) is 0 Å². The molecule has 0 radical (unpaired) electrons. The van der Waals surface area contributed by atoms with Gasteiger partial charge in [-0.3, -0.25) is 15.0 Å². The van der Waals surface area contributed by atoms with Crippen molar-refractivity contribution >= 4 is 28.6 Å². The van der Waals surface area contributed by atoms with Gasteiger partial charge in [-0.15, -0.1) is 0 Å². The lowest BCUT2D eigenvalue weighted by atomic mass is 10.1. The maximum atomic E-state index is 13.5. The number of hydrogen-bond donors (Lipinski definition) is 3. The summed E-state index contributed by atoms with van der Waals surface area (Å²) < 4.78 is 1.96. The van der Waals surface area contributed by atoms with Crippen LogP contribution in [0.3, 0.4) is 0 Å². The van der Waals surface area contributed by atoms with E-state index in [9.17, 15) is 9.59 Å². The molecule has 0 aliphatic carbocycles. The van der Waals surface area contributed by atoms with E-state index in [4.69, 9.17) is 16.9 Å². The number of nitrogen functional groups attached to an aromatic ring is 1. The molecule has 0 unspecified atom stereocenters. The number of nitrogens with one attached hydrogen (secondary N) is 1. The number of amidine groups is 1. The molecule has 8 nitrogen and oxygen atoms in total. The number of likely N-dealkylation sites (tertiary alicyclic amines) is 1. The zero-order valence-corrected chi connectivity index (χ0v) is 18.3. The zero-order valence-electron chi connectivity index (χ0n) is 18.3. The van der Waals surface area contributed by atoms with Crippen LogP contribution in [-0.4, -0.2) is 65.2 Å². The summed E-state index contributed by atoms with van der Waals surface area (Å²) in [6.07, 6.45) is 0.946. The Balaban J connectivity index is 1.76. The number of rotatable bonds is 6. The Kier molecular flexibility index (Phi) is 5.71. The van der Waals surface area contributed by atoms with E-state index in [0.29, 0.717) is 23.4 Å². The minimum atomic E-state index is -0.479. The van der Waals surface area contributed by atoms with Crippen molar-refractivity contribution < 1.29 is 9.59 Å². The summed E-state index contributed by atoms with van der Waals surface area (Å²) >= 11 is 0. The van der Waals surface area contributed by atoms with Crippen molar-refractivity contribution in [2.75, 3.05) is 27.2 Å². The molecule has 0 bridgehead atoms. The number of amides is 2. The van der Waals surface area contributed by atoms with Crippen molar-refractivity contribution in [1.29, 1.82) is 5.41 Å². The van der Waals surface area contributed by atoms with Gasteiger partial charge in [0, 0.05) is 48.2 Å². The van der Waals surface area contributed by atoms with Crippen LogP contribution >= 0.6 is 0 Å². The molecule has 2 aromatic carbocycles. The van der Waals surface area contributed by atoms with Gasteiger partial charge in [0.05, 0.1) is 0 Å². The first kappa shape index (κ1) is 21.6. The number of carbonyl (C=O) groups is 2. The second-order valence-corrected chi connectivity index (χ2v) is 8.48. The molecule has 1 aliphatic heterocycles. The minimum Gasteiger partial charge on any atom is -0.384 e. The summed E-state index contributed by atoms with van der Waals surface area (Å²) in [4.78, 5) is 29.0. The van der Waals surface area contributed by atoms with E-state index in [1.54, 1.807) is 18.2 Å². The van der Waals surface area contributed by atoms with E-state index in [1.807, 2.05) is 46.8 Å². The molecular formula is C24H28N6O2. The van der Waals surface area contributed by atoms with E-state index in [1.165, 1.54) is 0 Å². The molecular weight excluding hydrogens is 404 g/mol. The largest absolute Gasteiger partial charge is 0.384 e. The van der Waals surface area contributed by atoms with Crippen LogP contribution in [0.5, 0.6) is 0 Å². The SMILES string of the molecule is CN1CC[C@H](N(C)C(=O)c2cc3ccc(C(=N)N)cc3n2Cc2ccc(C(N)=O)cc2)C1. The minimum absolute atomic E-state index is 0.0237. The lowest BCUT2D eigenvalue weighted by molar-refractivity contribution is 0.0727. The summed E-state index contributed by atoms with van der Waals surface area (Å²) in [7, 11) is 3.92. The van der Waals surface area contributed by atoms with Gasteiger partial charge in [0.2, 0.25) is 5.91 Å². The monoisotopic (exact) mass is 432 g/mol. The van der Waals surface area contributed by atoms with Gasteiger partial charge in [-0.2, -0.15) is 0 Å². The molecule has 0 saturated carbocycles. The number of benzene rings is 2. The standard InChI is InChI=1S/C24H28N6O2/c1-28-10-9-19(14-28)29(2)24(32)21-11-17-7-8-18(22(25)26)12-20(17)30(21)13-15-3-5-16(6-4-15)23(27)31/h3-8,11-12,19H,9-10,13-14H2,1-2H3,(H3,25,26)(H2,27,31)/t19-/m0/s1. The quantitative estimate of drug-likeness (QED) is 0.406. The molecule has 2 amide bonds. The second-order valence-electron chi connectivity index (χ2n) is 8.48. The first-order chi connectivity index (χ1) is 15.2. The van der Waals surface area contributed by atoms with Gasteiger partial charge in [0.15, 0.2) is 0 Å². The van der Waals surface area contributed by atoms with Gasteiger partial charge >= 0.3 is 0 Å². The molecule has 2 heterocycles. The van der Waals surface area contributed by atoms with Crippen LogP contribution in [0.1, 0.15) is 38.4 Å². The Bertz CT molecular complexity index is 1200. The van der Waals surface area contributed by atoms with Crippen molar-refractivity contribution in [3.63, 3.8) is 0 Å². The van der Waals surface area contributed by atoms with Gasteiger partial charge in [0.25, 0.3) is 5.91 Å². The first-order valence-electron chi connectivity index (χ1n) is 10.6. The number of nitrogens with two attached hydrogens (primary N) is 2. The van der Waals surface area contributed by atoms with Crippen LogP contribution in [0.4, 0.5) is 0 Å². The third-order valence-corrected chi connectivity index (χ3v) is 6.25. The lowest BCUT2D eigenvalue weighted by Crippen LogP contribution is -2.39. The molecule has 1 saturated heterocycles. The number of carbonyl (C=O) groups excluding carboxylic acids is 2. The maximum absolute atomic E-state index is 13.5. The predicted octanol–water partition coefficient (Wildman–Crippen LogP) is 1.85. The summed E-state index contributed by atoms with van der Waals surface area (Å²) in [5.74, 6) is -0.544. The van der Waals surface area contributed by atoms with Gasteiger partial charge in [-0.25, -0.2) is 0 Å². The number of nitrogens with zero attached hydrogens (tertiary/aromatic N) is 3. The second kappa shape index (κ2) is 8.47. The van der Waals surface area contributed by atoms with Crippen LogP contribution in [0.25, 0.3) is 10.9 Å².